The summed E-state index contributed by atoms with van der Waals surface area (Å²) in [6.07, 6.45) is 1.19. The predicted molar refractivity (Wildman–Crippen MR) is 63.7 cm³/mol. The summed E-state index contributed by atoms with van der Waals surface area (Å²) >= 11 is 0. The summed E-state index contributed by atoms with van der Waals surface area (Å²) in [7, 11) is 1.58. The molecular weight excluding hydrogens is 192 g/mol. The van der Waals surface area contributed by atoms with E-state index in [-0.39, 0.29) is 5.04 Å². The van der Waals surface area contributed by atoms with Gasteiger partial charge in [-0.2, -0.15) is 0 Å². The highest BCUT2D eigenvalue weighted by molar-refractivity contribution is 6.70. The molecule has 0 spiro atoms. The van der Waals surface area contributed by atoms with Crippen molar-refractivity contribution >= 4 is 8.56 Å². The van der Waals surface area contributed by atoms with Crippen LogP contribution in [-0.4, -0.2) is 22.8 Å². The minimum absolute atomic E-state index is 0.144. The second-order valence-electron chi connectivity index (χ2n) is 5.34. The van der Waals surface area contributed by atoms with Gasteiger partial charge in [0.15, 0.2) is 0 Å². The summed E-state index contributed by atoms with van der Waals surface area (Å²) in [5, 5.41) is 0.144. The molecule has 14 heavy (non-hydrogen) atoms. The molecule has 0 rings (SSSR count). The van der Waals surface area contributed by atoms with Gasteiger partial charge in [-0.25, -0.2) is 0 Å². The highest BCUT2D eigenvalue weighted by Crippen LogP contribution is 2.40. The molecule has 0 aromatic heterocycles. The van der Waals surface area contributed by atoms with Gasteiger partial charge in [-0.05, 0) is 18.4 Å². The first-order valence-corrected chi connectivity index (χ1v) is 7.41. The van der Waals surface area contributed by atoms with Gasteiger partial charge >= 0.3 is 8.56 Å². The van der Waals surface area contributed by atoms with E-state index < -0.39 is 8.56 Å². The Kier molecular flexibility index (Phi) is 5.34. The summed E-state index contributed by atoms with van der Waals surface area (Å²) < 4.78 is 11.4. The van der Waals surface area contributed by atoms with Crippen molar-refractivity contribution in [3.63, 3.8) is 0 Å². The number of hydrogen-bond donors (Lipinski definition) is 0. The monoisotopic (exact) mass is 218 g/mol. The van der Waals surface area contributed by atoms with Crippen LogP contribution in [0.5, 0.6) is 0 Å². The van der Waals surface area contributed by atoms with E-state index in [0.29, 0.717) is 0 Å². The van der Waals surface area contributed by atoms with E-state index in [2.05, 4.69) is 34.6 Å². The Morgan fingerprint density at radius 3 is 1.71 bits per heavy atom. The van der Waals surface area contributed by atoms with Crippen molar-refractivity contribution < 1.29 is 8.85 Å². The van der Waals surface area contributed by atoms with Gasteiger partial charge in [0.25, 0.3) is 0 Å². The number of hydrogen-bond acceptors (Lipinski definition) is 2. The Morgan fingerprint density at radius 1 is 1.07 bits per heavy atom. The van der Waals surface area contributed by atoms with Crippen molar-refractivity contribution in [1.82, 2.24) is 0 Å². The molecule has 0 saturated carbocycles. The topological polar surface area (TPSA) is 18.5 Å². The first-order valence-electron chi connectivity index (χ1n) is 5.39. The van der Waals surface area contributed by atoms with Crippen LogP contribution in [0.25, 0.3) is 0 Å². The largest absolute Gasteiger partial charge is 0.397 e. The Labute approximate surface area is 90.2 Å². The minimum atomic E-state index is -2.01. The summed E-state index contributed by atoms with van der Waals surface area (Å²) in [5.74, 6) is 0.717. The highest BCUT2D eigenvalue weighted by Gasteiger charge is 2.47. The van der Waals surface area contributed by atoms with E-state index in [9.17, 15) is 0 Å². The molecule has 0 aromatic carbocycles. The standard InChI is InChI=1S/C11H26O2Si/c1-10(2)8-9-14(12-6,13-7)11(3,4)5/h10H,8-9H2,1-7H3. The van der Waals surface area contributed by atoms with Crippen molar-refractivity contribution in [2.24, 2.45) is 5.92 Å². The molecule has 0 aromatic rings. The quantitative estimate of drug-likeness (QED) is 0.657. The van der Waals surface area contributed by atoms with Crippen LogP contribution >= 0.6 is 0 Å². The Morgan fingerprint density at radius 2 is 1.50 bits per heavy atom. The van der Waals surface area contributed by atoms with Crippen molar-refractivity contribution in [2.75, 3.05) is 14.2 Å². The summed E-state index contributed by atoms with van der Waals surface area (Å²) in [4.78, 5) is 0. The first kappa shape index (κ1) is 14.1. The molecule has 0 heterocycles. The van der Waals surface area contributed by atoms with Crippen molar-refractivity contribution in [3.05, 3.63) is 0 Å². The third kappa shape index (κ3) is 3.37. The van der Waals surface area contributed by atoms with Crippen LogP contribution in [0, 0.1) is 5.92 Å². The van der Waals surface area contributed by atoms with Crippen LogP contribution < -0.4 is 0 Å². The molecule has 0 aliphatic heterocycles. The molecule has 0 aliphatic carbocycles. The van der Waals surface area contributed by atoms with Gasteiger partial charge in [0, 0.05) is 19.3 Å². The minimum Gasteiger partial charge on any atom is -0.397 e. The second-order valence-corrected chi connectivity index (χ2v) is 9.67. The van der Waals surface area contributed by atoms with E-state index >= 15 is 0 Å². The van der Waals surface area contributed by atoms with Gasteiger partial charge in [0.05, 0.1) is 0 Å². The molecule has 86 valence electrons. The second kappa shape index (κ2) is 5.28. The van der Waals surface area contributed by atoms with Crippen LogP contribution in [0.15, 0.2) is 0 Å². The Bertz CT molecular complexity index is 157. The fourth-order valence-corrected chi connectivity index (χ4v) is 5.26. The first-order chi connectivity index (χ1) is 6.29. The van der Waals surface area contributed by atoms with Gasteiger partial charge in [-0.3, -0.25) is 0 Å². The van der Waals surface area contributed by atoms with Gasteiger partial charge in [-0.1, -0.05) is 34.6 Å². The number of rotatable bonds is 5. The zero-order valence-corrected chi connectivity index (χ0v) is 11.8. The lowest BCUT2D eigenvalue weighted by Gasteiger charge is -2.39. The lowest BCUT2D eigenvalue weighted by atomic mass is 10.2. The van der Waals surface area contributed by atoms with E-state index in [1.165, 1.54) is 6.42 Å². The maximum absolute atomic E-state index is 5.72. The van der Waals surface area contributed by atoms with E-state index in [1.54, 1.807) is 14.2 Å². The fraction of sp³-hybridized carbons (Fsp3) is 1.00. The summed E-state index contributed by atoms with van der Waals surface area (Å²) in [5.41, 5.74) is 0. The Hall–Kier alpha value is 0.137. The van der Waals surface area contributed by atoms with Crippen LogP contribution in [0.3, 0.4) is 0 Å². The van der Waals surface area contributed by atoms with Gasteiger partial charge in [0.2, 0.25) is 0 Å². The summed E-state index contributed by atoms with van der Waals surface area (Å²) in [6.45, 7) is 11.1. The maximum atomic E-state index is 5.72. The van der Waals surface area contributed by atoms with E-state index in [1.807, 2.05) is 0 Å². The molecule has 0 unspecified atom stereocenters. The molecular formula is C11H26O2Si. The molecule has 0 aliphatic rings. The average Bonchev–Trinajstić information content (AvgIpc) is 2.04. The predicted octanol–water partition coefficient (Wildman–Crippen LogP) is 3.57. The third-order valence-electron chi connectivity index (χ3n) is 2.85. The van der Waals surface area contributed by atoms with E-state index in [4.69, 9.17) is 8.85 Å². The highest BCUT2D eigenvalue weighted by atomic mass is 28.4. The lowest BCUT2D eigenvalue weighted by Crippen LogP contribution is -2.48. The zero-order valence-electron chi connectivity index (χ0n) is 10.8. The molecule has 0 radical (unpaired) electrons. The van der Waals surface area contributed by atoms with Gasteiger partial charge in [-0.15, -0.1) is 0 Å². The SMILES string of the molecule is CO[Si](CCC(C)C)(OC)C(C)(C)C. The van der Waals surface area contributed by atoms with Crippen LogP contribution in [0.4, 0.5) is 0 Å². The van der Waals surface area contributed by atoms with E-state index in [0.717, 1.165) is 12.0 Å². The molecule has 0 bridgehead atoms. The van der Waals surface area contributed by atoms with Crippen molar-refractivity contribution in [1.29, 1.82) is 0 Å². The molecule has 0 atom stereocenters. The van der Waals surface area contributed by atoms with Crippen molar-refractivity contribution in [3.8, 4) is 0 Å². The normalized spacial score (nSPS) is 13.7. The molecule has 0 fully saturated rings. The molecule has 3 heteroatoms. The lowest BCUT2D eigenvalue weighted by molar-refractivity contribution is 0.211. The third-order valence-corrected chi connectivity index (χ3v) is 7.40. The Balaban J connectivity index is 4.55. The fourth-order valence-electron chi connectivity index (χ4n) is 1.75. The van der Waals surface area contributed by atoms with Gasteiger partial charge < -0.3 is 8.85 Å². The smallest absolute Gasteiger partial charge is 0.343 e. The van der Waals surface area contributed by atoms with Crippen LogP contribution in [0.2, 0.25) is 11.1 Å². The van der Waals surface area contributed by atoms with Crippen molar-refractivity contribution in [2.45, 2.75) is 52.1 Å². The maximum Gasteiger partial charge on any atom is 0.343 e. The molecule has 2 nitrogen and oxygen atoms in total. The molecule has 0 N–H and O–H groups in total. The molecule has 0 saturated heterocycles. The molecule has 0 amide bonds. The van der Waals surface area contributed by atoms with Crippen LogP contribution in [0.1, 0.15) is 41.0 Å². The average molecular weight is 218 g/mol. The zero-order chi connectivity index (χ0) is 11.4. The van der Waals surface area contributed by atoms with Gasteiger partial charge in [0.1, 0.15) is 0 Å². The van der Waals surface area contributed by atoms with Crippen LogP contribution in [-0.2, 0) is 8.85 Å². The summed E-state index contributed by atoms with van der Waals surface area (Å²) in [6, 6.07) is 1.08.